The monoisotopic (exact) mass is 419 g/mol. The molecular formula is C28H25NOSi. The maximum Gasteiger partial charge on any atom is 0.227 e. The van der Waals surface area contributed by atoms with Crippen molar-refractivity contribution in [1.29, 1.82) is 0 Å². The predicted octanol–water partition coefficient (Wildman–Crippen LogP) is 7.37. The van der Waals surface area contributed by atoms with Gasteiger partial charge in [-0.05, 0) is 46.5 Å². The largest absolute Gasteiger partial charge is 0.436 e. The summed E-state index contributed by atoms with van der Waals surface area (Å²) < 4.78 is 5.95. The smallest absolute Gasteiger partial charge is 0.227 e. The van der Waals surface area contributed by atoms with Crippen molar-refractivity contribution in [3.8, 4) is 33.7 Å². The van der Waals surface area contributed by atoms with Crippen LogP contribution < -0.4 is 5.19 Å². The Morgan fingerprint density at radius 1 is 0.581 bits per heavy atom. The highest BCUT2D eigenvalue weighted by molar-refractivity contribution is 6.88. The van der Waals surface area contributed by atoms with E-state index in [9.17, 15) is 0 Å². The minimum absolute atomic E-state index is 0.655. The molecule has 152 valence electrons. The number of fused-ring (bicyclic) bond motifs is 1. The van der Waals surface area contributed by atoms with Gasteiger partial charge in [-0.3, -0.25) is 0 Å². The highest BCUT2D eigenvalue weighted by Crippen LogP contribution is 2.30. The molecule has 0 saturated carbocycles. The first-order valence-electron chi connectivity index (χ1n) is 10.6. The van der Waals surface area contributed by atoms with Crippen LogP contribution in [0.15, 0.2) is 101 Å². The summed E-state index contributed by atoms with van der Waals surface area (Å²) >= 11 is 0. The predicted molar refractivity (Wildman–Crippen MR) is 133 cm³/mol. The number of nitrogens with zero attached hydrogens (tertiary/aromatic N) is 1. The van der Waals surface area contributed by atoms with Crippen molar-refractivity contribution in [2.24, 2.45) is 0 Å². The standard InChI is InChI=1S/C28H25NOSi/c1-31(2,3)25-17-15-21(16-18-25)20-11-13-22(14-12-20)23-7-6-8-24(19-23)28-29-26-9-4-5-10-27(26)30-28/h4-19H,1-3H3. The van der Waals surface area contributed by atoms with Crippen molar-refractivity contribution >= 4 is 24.4 Å². The average Bonchev–Trinajstić information content (AvgIpc) is 3.23. The van der Waals surface area contributed by atoms with Crippen LogP contribution in [0, 0.1) is 0 Å². The molecule has 4 aromatic carbocycles. The van der Waals surface area contributed by atoms with E-state index in [1.54, 1.807) is 0 Å². The number of hydrogen-bond donors (Lipinski definition) is 0. The zero-order valence-electron chi connectivity index (χ0n) is 18.1. The molecule has 1 aromatic heterocycles. The van der Waals surface area contributed by atoms with Gasteiger partial charge in [-0.15, -0.1) is 0 Å². The van der Waals surface area contributed by atoms with E-state index in [4.69, 9.17) is 4.42 Å². The second kappa shape index (κ2) is 7.68. The Balaban J connectivity index is 1.43. The summed E-state index contributed by atoms with van der Waals surface area (Å²) in [6.45, 7) is 7.14. The quantitative estimate of drug-likeness (QED) is 0.284. The molecule has 2 nitrogen and oxygen atoms in total. The van der Waals surface area contributed by atoms with E-state index in [2.05, 4.69) is 91.4 Å². The lowest BCUT2D eigenvalue weighted by atomic mass is 9.99. The molecule has 0 saturated heterocycles. The summed E-state index contributed by atoms with van der Waals surface area (Å²) in [6, 6.07) is 34.1. The summed E-state index contributed by atoms with van der Waals surface area (Å²) in [4.78, 5) is 4.63. The first-order chi connectivity index (χ1) is 15.0. The molecule has 0 N–H and O–H groups in total. The second-order valence-electron chi connectivity index (χ2n) is 8.97. The molecule has 0 fully saturated rings. The third kappa shape index (κ3) is 3.97. The molecule has 31 heavy (non-hydrogen) atoms. The van der Waals surface area contributed by atoms with E-state index in [0.29, 0.717) is 5.89 Å². The lowest BCUT2D eigenvalue weighted by Gasteiger charge is -2.16. The minimum atomic E-state index is -1.27. The van der Waals surface area contributed by atoms with Crippen molar-refractivity contribution in [3.05, 3.63) is 97.1 Å². The molecule has 0 aliphatic rings. The topological polar surface area (TPSA) is 26.0 Å². The van der Waals surface area contributed by atoms with Gasteiger partial charge in [-0.25, -0.2) is 4.98 Å². The second-order valence-corrected chi connectivity index (χ2v) is 14.0. The fourth-order valence-corrected chi connectivity index (χ4v) is 5.01. The highest BCUT2D eigenvalue weighted by atomic mass is 28.3. The Hall–Kier alpha value is -3.43. The summed E-state index contributed by atoms with van der Waals surface area (Å²) in [5.41, 5.74) is 7.51. The SMILES string of the molecule is C[Si](C)(C)c1ccc(-c2ccc(-c3cccc(-c4nc5ccccc5o4)c3)cc2)cc1. The van der Waals surface area contributed by atoms with E-state index in [1.807, 2.05) is 30.3 Å². The van der Waals surface area contributed by atoms with Crippen LogP contribution in [0.4, 0.5) is 0 Å². The molecule has 0 unspecified atom stereocenters. The summed E-state index contributed by atoms with van der Waals surface area (Å²) in [5, 5.41) is 1.49. The Morgan fingerprint density at radius 2 is 1.16 bits per heavy atom. The van der Waals surface area contributed by atoms with E-state index >= 15 is 0 Å². The van der Waals surface area contributed by atoms with Crippen LogP contribution >= 0.6 is 0 Å². The van der Waals surface area contributed by atoms with Gasteiger partial charge < -0.3 is 4.42 Å². The highest BCUT2D eigenvalue weighted by Gasteiger charge is 2.15. The molecule has 0 atom stereocenters. The Labute approximate surface area is 184 Å². The van der Waals surface area contributed by atoms with Crippen LogP contribution in [0.25, 0.3) is 44.8 Å². The maximum atomic E-state index is 5.95. The zero-order valence-corrected chi connectivity index (χ0v) is 19.1. The zero-order chi connectivity index (χ0) is 21.4. The number of hydrogen-bond acceptors (Lipinski definition) is 2. The van der Waals surface area contributed by atoms with Crippen molar-refractivity contribution < 1.29 is 4.42 Å². The van der Waals surface area contributed by atoms with Gasteiger partial charge in [-0.1, -0.05) is 97.6 Å². The van der Waals surface area contributed by atoms with Gasteiger partial charge in [0.25, 0.3) is 0 Å². The van der Waals surface area contributed by atoms with Crippen LogP contribution in [0.5, 0.6) is 0 Å². The van der Waals surface area contributed by atoms with Gasteiger partial charge in [0.1, 0.15) is 5.52 Å². The van der Waals surface area contributed by atoms with E-state index in [0.717, 1.165) is 22.2 Å². The lowest BCUT2D eigenvalue weighted by molar-refractivity contribution is 0.620. The van der Waals surface area contributed by atoms with E-state index in [1.165, 1.54) is 21.9 Å². The fourth-order valence-electron chi connectivity index (χ4n) is 3.85. The Bertz CT molecular complexity index is 1310. The molecule has 0 aliphatic carbocycles. The Kier molecular flexibility index (Phi) is 4.83. The first-order valence-corrected chi connectivity index (χ1v) is 14.1. The van der Waals surface area contributed by atoms with Gasteiger partial charge in [0.2, 0.25) is 5.89 Å². The molecule has 0 radical (unpaired) electrons. The molecule has 5 aromatic rings. The number of oxazole rings is 1. The molecule has 0 aliphatic heterocycles. The number of rotatable bonds is 4. The normalized spacial score (nSPS) is 11.7. The van der Waals surface area contributed by atoms with Crippen molar-refractivity contribution in [3.63, 3.8) is 0 Å². The number of aromatic nitrogens is 1. The average molecular weight is 420 g/mol. The summed E-state index contributed by atoms with van der Waals surface area (Å²) in [7, 11) is -1.27. The van der Waals surface area contributed by atoms with Gasteiger partial charge in [0.15, 0.2) is 5.58 Å². The molecule has 1 heterocycles. The van der Waals surface area contributed by atoms with Gasteiger partial charge in [0.05, 0.1) is 8.07 Å². The van der Waals surface area contributed by atoms with E-state index < -0.39 is 8.07 Å². The van der Waals surface area contributed by atoms with Crippen LogP contribution in [0.2, 0.25) is 19.6 Å². The maximum absolute atomic E-state index is 5.95. The molecule has 5 rings (SSSR count). The van der Waals surface area contributed by atoms with Gasteiger partial charge >= 0.3 is 0 Å². The Morgan fingerprint density at radius 3 is 1.81 bits per heavy atom. The molecule has 3 heteroatoms. The van der Waals surface area contributed by atoms with Crippen molar-refractivity contribution in [2.45, 2.75) is 19.6 Å². The number of para-hydroxylation sites is 2. The molecule has 0 spiro atoms. The van der Waals surface area contributed by atoms with Crippen LogP contribution in [0.1, 0.15) is 0 Å². The summed E-state index contributed by atoms with van der Waals surface area (Å²) in [5.74, 6) is 0.655. The minimum Gasteiger partial charge on any atom is -0.436 e. The molecule has 0 amide bonds. The molecular weight excluding hydrogens is 394 g/mol. The van der Waals surface area contributed by atoms with Crippen LogP contribution in [-0.2, 0) is 0 Å². The van der Waals surface area contributed by atoms with Crippen LogP contribution in [0.3, 0.4) is 0 Å². The third-order valence-electron chi connectivity index (χ3n) is 5.71. The van der Waals surface area contributed by atoms with Crippen LogP contribution in [-0.4, -0.2) is 13.1 Å². The summed E-state index contributed by atoms with van der Waals surface area (Å²) in [6.07, 6.45) is 0. The van der Waals surface area contributed by atoms with Crippen molar-refractivity contribution in [2.75, 3.05) is 0 Å². The van der Waals surface area contributed by atoms with Crippen molar-refractivity contribution in [1.82, 2.24) is 4.98 Å². The molecule has 0 bridgehead atoms. The third-order valence-corrected chi connectivity index (χ3v) is 7.77. The van der Waals surface area contributed by atoms with Gasteiger partial charge in [0, 0.05) is 5.56 Å². The van der Waals surface area contributed by atoms with E-state index in [-0.39, 0.29) is 0 Å². The number of benzene rings is 4. The first kappa shape index (κ1) is 19.5. The van der Waals surface area contributed by atoms with Gasteiger partial charge in [-0.2, -0.15) is 0 Å². The lowest BCUT2D eigenvalue weighted by Crippen LogP contribution is -2.37. The fraction of sp³-hybridized carbons (Fsp3) is 0.107.